The molecule has 0 aromatic heterocycles. The van der Waals surface area contributed by atoms with Crippen molar-refractivity contribution in [3.63, 3.8) is 0 Å². The molecule has 6 heteroatoms. The summed E-state index contributed by atoms with van der Waals surface area (Å²) in [5.41, 5.74) is 2.39. The topological polar surface area (TPSA) is 52.7 Å². The maximum atomic E-state index is 13.1. The molecule has 3 aromatic carbocycles. The Bertz CT molecular complexity index is 1070. The number of hydrogen-bond acceptors (Lipinski definition) is 3. The number of halogens is 1. The molecule has 3 aromatic rings. The van der Waals surface area contributed by atoms with Crippen LogP contribution in [0.1, 0.15) is 17.3 Å². The van der Waals surface area contributed by atoms with E-state index in [9.17, 15) is 9.59 Å². The number of hydrogen-bond donors (Lipinski definition) is 1. The van der Waals surface area contributed by atoms with E-state index in [0.717, 1.165) is 39.7 Å². The van der Waals surface area contributed by atoms with Crippen molar-refractivity contribution in [1.29, 1.82) is 0 Å². The van der Waals surface area contributed by atoms with Gasteiger partial charge in [-0.2, -0.15) is 0 Å². The minimum absolute atomic E-state index is 0.105. The van der Waals surface area contributed by atoms with Gasteiger partial charge in [-0.25, -0.2) is 0 Å². The molecule has 1 saturated heterocycles. The Kier molecular flexibility index (Phi) is 5.53. The van der Waals surface area contributed by atoms with E-state index >= 15 is 0 Å². The lowest BCUT2D eigenvalue weighted by Crippen LogP contribution is -2.48. The number of carbonyl (C=O) groups is 2. The van der Waals surface area contributed by atoms with Crippen LogP contribution in [-0.4, -0.2) is 42.9 Å². The molecule has 29 heavy (non-hydrogen) atoms. The van der Waals surface area contributed by atoms with Gasteiger partial charge in [0.2, 0.25) is 5.91 Å². The molecule has 0 bridgehead atoms. The zero-order chi connectivity index (χ0) is 20.4. The molecule has 0 aliphatic carbocycles. The van der Waals surface area contributed by atoms with Crippen molar-refractivity contribution in [2.24, 2.45) is 0 Å². The number of piperazine rings is 1. The van der Waals surface area contributed by atoms with Gasteiger partial charge in [-0.15, -0.1) is 0 Å². The van der Waals surface area contributed by atoms with Crippen LogP contribution in [0.15, 0.2) is 65.1 Å². The highest BCUT2D eigenvalue weighted by Crippen LogP contribution is 2.30. The second-order valence-corrected chi connectivity index (χ2v) is 7.96. The number of fused-ring (bicyclic) bond motifs is 1. The fraction of sp³-hybridized carbons (Fsp3) is 0.217. The Morgan fingerprint density at radius 3 is 2.31 bits per heavy atom. The number of benzene rings is 3. The lowest BCUT2D eigenvalue weighted by atomic mass is 10.0. The van der Waals surface area contributed by atoms with Gasteiger partial charge < -0.3 is 15.1 Å². The second-order valence-electron chi connectivity index (χ2n) is 7.10. The van der Waals surface area contributed by atoms with Crippen LogP contribution < -0.4 is 10.2 Å². The van der Waals surface area contributed by atoms with Crippen molar-refractivity contribution in [1.82, 2.24) is 4.90 Å². The SMILES string of the molecule is CC(=O)N1CCN(c2ccccc2NC(=O)c2cccc3c(Br)cccc23)CC1. The van der Waals surface area contributed by atoms with Gasteiger partial charge >= 0.3 is 0 Å². The summed E-state index contributed by atoms with van der Waals surface area (Å²) in [6.07, 6.45) is 0. The maximum absolute atomic E-state index is 13.1. The molecule has 148 valence electrons. The van der Waals surface area contributed by atoms with E-state index in [4.69, 9.17) is 0 Å². The first-order valence-corrected chi connectivity index (χ1v) is 10.4. The lowest BCUT2D eigenvalue weighted by molar-refractivity contribution is -0.129. The molecule has 1 N–H and O–H groups in total. The van der Waals surface area contributed by atoms with E-state index in [1.807, 2.05) is 65.6 Å². The third-order valence-corrected chi connectivity index (χ3v) is 6.02. The van der Waals surface area contributed by atoms with Gasteiger partial charge in [0.25, 0.3) is 5.91 Å². The third kappa shape index (κ3) is 3.98. The van der Waals surface area contributed by atoms with Gasteiger partial charge in [0.15, 0.2) is 0 Å². The Morgan fingerprint density at radius 2 is 1.55 bits per heavy atom. The molecule has 0 spiro atoms. The fourth-order valence-corrected chi connectivity index (χ4v) is 4.27. The van der Waals surface area contributed by atoms with Gasteiger partial charge in [0, 0.05) is 43.1 Å². The Hall–Kier alpha value is -2.86. The van der Waals surface area contributed by atoms with Gasteiger partial charge in [-0.3, -0.25) is 9.59 Å². The summed E-state index contributed by atoms with van der Waals surface area (Å²) >= 11 is 3.56. The Morgan fingerprint density at radius 1 is 0.862 bits per heavy atom. The predicted molar refractivity (Wildman–Crippen MR) is 121 cm³/mol. The number of amides is 2. The number of nitrogens with one attached hydrogen (secondary N) is 1. The number of para-hydroxylation sites is 2. The van der Waals surface area contributed by atoms with Crippen LogP contribution in [0.5, 0.6) is 0 Å². The molecule has 5 nitrogen and oxygen atoms in total. The van der Waals surface area contributed by atoms with Crippen molar-refractivity contribution >= 4 is 49.9 Å². The molecule has 0 saturated carbocycles. The highest BCUT2D eigenvalue weighted by atomic mass is 79.9. The van der Waals surface area contributed by atoms with Gasteiger partial charge in [-0.1, -0.05) is 52.3 Å². The van der Waals surface area contributed by atoms with E-state index < -0.39 is 0 Å². The minimum atomic E-state index is -0.136. The summed E-state index contributed by atoms with van der Waals surface area (Å²) in [5.74, 6) is -0.0307. The zero-order valence-electron chi connectivity index (χ0n) is 16.2. The van der Waals surface area contributed by atoms with Crippen LogP contribution in [0.4, 0.5) is 11.4 Å². The number of rotatable bonds is 3. The van der Waals surface area contributed by atoms with Crippen molar-refractivity contribution in [3.05, 3.63) is 70.7 Å². The fourth-order valence-electron chi connectivity index (χ4n) is 3.78. The first kappa shape index (κ1) is 19.5. The van der Waals surface area contributed by atoms with Crippen LogP contribution in [0.25, 0.3) is 10.8 Å². The summed E-state index contributed by atoms with van der Waals surface area (Å²) < 4.78 is 0.966. The maximum Gasteiger partial charge on any atom is 0.256 e. The number of anilines is 2. The first-order valence-electron chi connectivity index (χ1n) is 9.62. The minimum Gasteiger partial charge on any atom is -0.366 e. The lowest BCUT2D eigenvalue weighted by Gasteiger charge is -2.36. The van der Waals surface area contributed by atoms with Crippen molar-refractivity contribution in [2.45, 2.75) is 6.92 Å². The highest BCUT2D eigenvalue weighted by Gasteiger charge is 2.21. The van der Waals surface area contributed by atoms with Gasteiger partial charge in [-0.05, 0) is 35.0 Å². The standard InChI is InChI=1S/C23H22BrN3O2/c1-16(28)26-12-14-27(15-13-26)22-11-3-2-10-21(22)25-23(29)19-8-4-7-18-17(19)6-5-9-20(18)24/h2-11H,12-15H2,1H3,(H,25,29). The summed E-state index contributed by atoms with van der Waals surface area (Å²) in [4.78, 5) is 28.8. The quantitative estimate of drug-likeness (QED) is 0.636. The van der Waals surface area contributed by atoms with Crippen LogP contribution in [0.3, 0.4) is 0 Å². The molecule has 2 amide bonds. The van der Waals surface area contributed by atoms with E-state index in [0.29, 0.717) is 18.7 Å². The molecule has 0 unspecified atom stereocenters. The number of carbonyl (C=O) groups excluding carboxylic acids is 2. The van der Waals surface area contributed by atoms with E-state index in [2.05, 4.69) is 26.1 Å². The third-order valence-electron chi connectivity index (χ3n) is 5.33. The molecule has 0 atom stereocenters. The summed E-state index contributed by atoms with van der Waals surface area (Å²) in [6.45, 7) is 4.47. The van der Waals surface area contributed by atoms with E-state index in [1.165, 1.54) is 0 Å². The summed E-state index contributed by atoms with van der Waals surface area (Å²) in [7, 11) is 0. The molecule has 4 rings (SSSR count). The number of nitrogens with zero attached hydrogens (tertiary/aromatic N) is 2. The summed E-state index contributed by atoms with van der Waals surface area (Å²) in [6, 6.07) is 19.4. The largest absolute Gasteiger partial charge is 0.366 e. The molecule has 1 aliphatic heterocycles. The summed E-state index contributed by atoms with van der Waals surface area (Å²) in [5, 5.41) is 5.01. The predicted octanol–water partition coefficient (Wildman–Crippen LogP) is 4.52. The van der Waals surface area contributed by atoms with Crippen molar-refractivity contribution < 1.29 is 9.59 Å². The van der Waals surface area contributed by atoms with Crippen LogP contribution in [0, 0.1) is 0 Å². The smallest absolute Gasteiger partial charge is 0.256 e. The van der Waals surface area contributed by atoms with Gasteiger partial charge in [0.1, 0.15) is 0 Å². The van der Waals surface area contributed by atoms with Crippen molar-refractivity contribution in [2.75, 3.05) is 36.4 Å². The van der Waals surface area contributed by atoms with Crippen LogP contribution in [0.2, 0.25) is 0 Å². The molecule has 0 radical (unpaired) electrons. The zero-order valence-corrected chi connectivity index (χ0v) is 17.8. The first-order chi connectivity index (χ1) is 14.0. The second kappa shape index (κ2) is 8.25. The van der Waals surface area contributed by atoms with Crippen LogP contribution >= 0.6 is 15.9 Å². The monoisotopic (exact) mass is 451 g/mol. The van der Waals surface area contributed by atoms with Gasteiger partial charge in [0.05, 0.1) is 11.4 Å². The van der Waals surface area contributed by atoms with Crippen LogP contribution in [-0.2, 0) is 4.79 Å². The Balaban J connectivity index is 1.59. The molecule has 1 aliphatic rings. The molecular weight excluding hydrogens is 430 g/mol. The molecular formula is C23H22BrN3O2. The average molecular weight is 452 g/mol. The van der Waals surface area contributed by atoms with E-state index in [-0.39, 0.29) is 11.8 Å². The highest BCUT2D eigenvalue weighted by molar-refractivity contribution is 9.10. The van der Waals surface area contributed by atoms with Crippen molar-refractivity contribution in [3.8, 4) is 0 Å². The average Bonchev–Trinajstić information content (AvgIpc) is 2.74. The Labute approximate surface area is 178 Å². The molecule has 1 fully saturated rings. The normalized spacial score (nSPS) is 14.1. The van der Waals surface area contributed by atoms with E-state index in [1.54, 1.807) is 6.92 Å². The molecule has 1 heterocycles.